The van der Waals surface area contributed by atoms with Gasteiger partial charge in [-0.05, 0) is 30.3 Å². The smallest absolute Gasteiger partial charge is 0.130 e. The first-order valence-corrected chi connectivity index (χ1v) is 5.87. The second-order valence-electron chi connectivity index (χ2n) is 3.43. The molecule has 17 heavy (non-hydrogen) atoms. The predicted molar refractivity (Wildman–Crippen MR) is 70.5 cm³/mol. The number of hydrazine groups is 1. The Bertz CT molecular complexity index is 505. The molecule has 1 aromatic carbocycles. The van der Waals surface area contributed by atoms with Crippen molar-refractivity contribution in [2.45, 2.75) is 6.61 Å². The van der Waals surface area contributed by atoms with Gasteiger partial charge in [-0.1, -0.05) is 22.0 Å². The fourth-order valence-electron chi connectivity index (χ4n) is 1.36. The maximum atomic E-state index is 5.61. The fraction of sp³-hybridized carbons (Fsp3) is 0.0833. The molecule has 0 radical (unpaired) electrons. The van der Waals surface area contributed by atoms with Crippen LogP contribution in [0.5, 0.6) is 5.75 Å². The highest BCUT2D eigenvalue weighted by Crippen LogP contribution is 2.18. The van der Waals surface area contributed by atoms with Crippen LogP contribution in [-0.4, -0.2) is 4.98 Å². The Morgan fingerprint density at radius 3 is 2.94 bits per heavy atom. The number of nitrogen functional groups attached to an aromatic ring is 1. The van der Waals surface area contributed by atoms with Crippen molar-refractivity contribution in [3.8, 4) is 5.75 Å². The number of aromatic nitrogens is 1. The number of ether oxygens (including phenoxy) is 1. The number of anilines is 1. The molecule has 0 saturated heterocycles. The second kappa shape index (κ2) is 5.65. The van der Waals surface area contributed by atoms with Crippen molar-refractivity contribution in [1.82, 2.24) is 4.98 Å². The van der Waals surface area contributed by atoms with Crippen LogP contribution < -0.4 is 16.0 Å². The summed E-state index contributed by atoms with van der Waals surface area (Å²) >= 11 is 3.39. The Hall–Kier alpha value is -1.59. The molecule has 1 aromatic heterocycles. The van der Waals surface area contributed by atoms with E-state index < -0.39 is 0 Å². The third-order valence-corrected chi connectivity index (χ3v) is 2.66. The first-order chi connectivity index (χ1) is 8.28. The molecule has 5 heteroatoms. The summed E-state index contributed by atoms with van der Waals surface area (Å²) < 4.78 is 6.60. The Labute approximate surface area is 108 Å². The van der Waals surface area contributed by atoms with Gasteiger partial charge in [-0.15, -0.1) is 0 Å². The zero-order chi connectivity index (χ0) is 12.1. The molecule has 0 spiro atoms. The largest absolute Gasteiger partial charge is 0.487 e. The van der Waals surface area contributed by atoms with Crippen LogP contribution in [0, 0.1) is 0 Å². The van der Waals surface area contributed by atoms with Gasteiger partial charge in [0.05, 0.1) is 11.4 Å². The highest BCUT2D eigenvalue weighted by Gasteiger charge is 1.99. The number of nitrogens with two attached hydrogens (primary N) is 1. The zero-order valence-electron chi connectivity index (χ0n) is 9.06. The minimum Gasteiger partial charge on any atom is -0.487 e. The normalized spacial score (nSPS) is 10.0. The molecule has 0 aliphatic rings. The lowest BCUT2D eigenvalue weighted by molar-refractivity contribution is 0.301. The summed E-state index contributed by atoms with van der Waals surface area (Å²) in [6, 6.07) is 11.3. The minimum atomic E-state index is 0.409. The van der Waals surface area contributed by atoms with Crippen molar-refractivity contribution in [2.75, 3.05) is 5.43 Å². The number of benzene rings is 1. The standard InChI is InChI=1S/C12H12BrN3O/c13-9-2-1-3-12(6-9)17-8-11-7-10(16-14)4-5-15-11/h1-7H,8,14H2,(H,15,16). The molecule has 0 bridgehead atoms. The van der Waals surface area contributed by atoms with E-state index >= 15 is 0 Å². The number of halogens is 1. The summed E-state index contributed by atoms with van der Waals surface area (Å²) in [5.74, 6) is 6.12. The maximum Gasteiger partial charge on any atom is 0.130 e. The van der Waals surface area contributed by atoms with Crippen molar-refractivity contribution in [2.24, 2.45) is 5.84 Å². The van der Waals surface area contributed by atoms with Crippen LogP contribution in [-0.2, 0) is 6.61 Å². The second-order valence-corrected chi connectivity index (χ2v) is 4.34. The molecular weight excluding hydrogens is 282 g/mol. The van der Waals surface area contributed by atoms with E-state index in [0.29, 0.717) is 6.61 Å². The van der Waals surface area contributed by atoms with Gasteiger partial charge in [0.15, 0.2) is 0 Å². The van der Waals surface area contributed by atoms with Crippen LogP contribution in [0.4, 0.5) is 5.69 Å². The number of rotatable bonds is 4. The highest BCUT2D eigenvalue weighted by molar-refractivity contribution is 9.10. The molecular formula is C12H12BrN3O. The number of nitrogens with one attached hydrogen (secondary N) is 1. The molecule has 2 aromatic rings. The topological polar surface area (TPSA) is 60.2 Å². The molecule has 3 N–H and O–H groups in total. The molecule has 1 heterocycles. The molecule has 0 saturated carbocycles. The van der Waals surface area contributed by atoms with Crippen LogP contribution in [0.3, 0.4) is 0 Å². The van der Waals surface area contributed by atoms with Gasteiger partial charge < -0.3 is 10.2 Å². The van der Waals surface area contributed by atoms with E-state index in [1.54, 1.807) is 12.3 Å². The van der Waals surface area contributed by atoms with Crippen molar-refractivity contribution in [3.05, 3.63) is 52.8 Å². The van der Waals surface area contributed by atoms with Gasteiger partial charge in [-0.2, -0.15) is 0 Å². The molecule has 0 fully saturated rings. The zero-order valence-corrected chi connectivity index (χ0v) is 10.6. The van der Waals surface area contributed by atoms with E-state index in [9.17, 15) is 0 Å². The van der Waals surface area contributed by atoms with Crippen LogP contribution in [0.15, 0.2) is 47.1 Å². The Morgan fingerprint density at radius 1 is 1.29 bits per heavy atom. The number of hydrogen-bond acceptors (Lipinski definition) is 4. The summed E-state index contributed by atoms with van der Waals surface area (Å²) in [5.41, 5.74) is 4.20. The van der Waals surface area contributed by atoms with Gasteiger partial charge in [0.2, 0.25) is 0 Å². The first-order valence-electron chi connectivity index (χ1n) is 5.08. The van der Waals surface area contributed by atoms with E-state index in [4.69, 9.17) is 10.6 Å². The number of hydrogen-bond donors (Lipinski definition) is 2. The fourth-order valence-corrected chi connectivity index (χ4v) is 1.74. The maximum absolute atomic E-state index is 5.61. The van der Waals surface area contributed by atoms with Gasteiger partial charge in [0.25, 0.3) is 0 Å². The third-order valence-electron chi connectivity index (χ3n) is 2.17. The molecule has 88 valence electrons. The molecule has 0 atom stereocenters. The molecule has 0 unspecified atom stereocenters. The highest BCUT2D eigenvalue weighted by atomic mass is 79.9. The predicted octanol–water partition coefficient (Wildman–Crippen LogP) is 2.71. The summed E-state index contributed by atoms with van der Waals surface area (Å²) in [7, 11) is 0. The lowest BCUT2D eigenvalue weighted by atomic mass is 10.3. The average Bonchev–Trinajstić information content (AvgIpc) is 2.37. The van der Waals surface area contributed by atoms with Gasteiger partial charge >= 0.3 is 0 Å². The summed E-state index contributed by atoms with van der Waals surface area (Å²) in [5, 5.41) is 0. The molecule has 0 amide bonds. The first kappa shape index (κ1) is 11.9. The van der Waals surface area contributed by atoms with Gasteiger partial charge in [0.1, 0.15) is 12.4 Å². The Balaban J connectivity index is 2.02. The van der Waals surface area contributed by atoms with Crippen LogP contribution in [0.1, 0.15) is 5.69 Å². The van der Waals surface area contributed by atoms with Crippen LogP contribution in [0.25, 0.3) is 0 Å². The van der Waals surface area contributed by atoms with E-state index in [0.717, 1.165) is 21.6 Å². The van der Waals surface area contributed by atoms with Crippen LogP contribution >= 0.6 is 15.9 Å². The van der Waals surface area contributed by atoms with Crippen molar-refractivity contribution in [3.63, 3.8) is 0 Å². The van der Waals surface area contributed by atoms with E-state index in [2.05, 4.69) is 26.3 Å². The molecule has 0 aliphatic heterocycles. The summed E-state index contributed by atoms with van der Waals surface area (Å²) in [6.45, 7) is 0.409. The van der Waals surface area contributed by atoms with E-state index in [-0.39, 0.29) is 0 Å². The monoisotopic (exact) mass is 293 g/mol. The Kier molecular flexibility index (Phi) is 3.95. The van der Waals surface area contributed by atoms with E-state index in [1.165, 1.54) is 0 Å². The molecule has 2 rings (SSSR count). The van der Waals surface area contributed by atoms with Gasteiger partial charge in [-0.3, -0.25) is 10.8 Å². The number of pyridine rings is 1. The van der Waals surface area contributed by atoms with Crippen LogP contribution in [0.2, 0.25) is 0 Å². The third kappa shape index (κ3) is 3.44. The lowest BCUT2D eigenvalue weighted by Gasteiger charge is -2.07. The van der Waals surface area contributed by atoms with Crippen molar-refractivity contribution in [1.29, 1.82) is 0 Å². The summed E-state index contributed by atoms with van der Waals surface area (Å²) in [6.07, 6.45) is 1.69. The quantitative estimate of drug-likeness (QED) is 0.672. The molecule has 4 nitrogen and oxygen atoms in total. The SMILES string of the molecule is NNc1ccnc(COc2cccc(Br)c2)c1. The van der Waals surface area contributed by atoms with Crippen molar-refractivity contribution >= 4 is 21.6 Å². The van der Waals surface area contributed by atoms with Gasteiger partial charge in [0, 0.05) is 10.7 Å². The number of nitrogens with zero attached hydrogens (tertiary/aromatic N) is 1. The van der Waals surface area contributed by atoms with E-state index in [1.807, 2.05) is 30.3 Å². The molecule has 0 aliphatic carbocycles. The summed E-state index contributed by atoms with van der Waals surface area (Å²) in [4.78, 5) is 4.19. The average molecular weight is 294 g/mol. The lowest BCUT2D eigenvalue weighted by Crippen LogP contribution is -2.08. The van der Waals surface area contributed by atoms with Crippen molar-refractivity contribution < 1.29 is 4.74 Å². The Morgan fingerprint density at radius 2 is 2.18 bits per heavy atom. The minimum absolute atomic E-state index is 0.409. The van der Waals surface area contributed by atoms with Gasteiger partial charge in [-0.25, -0.2) is 0 Å².